The highest BCUT2D eigenvalue weighted by atomic mass is 16.6. The van der Waals surface area contributed by atoms with Crippen molar-refractivity contribution in [1.82, 2.24) is 5.43 Å². The third-order valence-electron chi connectivity index (χ3n) is 4.36. The van der Waals surface area contributed by atoms with Crippen molar-refractivity contribution in [3.05, 3.63) is 85.6 Å². The Morgan fingerprint density at radius 2 is 1.88 bits per heavy atom. The number of nitro groups is 2. The van der Waals surface area contributed by atoms with E-state index in [4.69, 9.17) is 9.15 Å². The Morgan fingerprint density at radius 3 is 2.56 bits per heavy atom. The van der Waals surface area contributed by atoms with Gasteiger partial charge in [0, 0.05) is 23.8 Å². The van der Waals surface area contributed by atoms with Gasteiger partial charge in [-0.25, -0.2) is 5.43 Å². The highest BCUT2D eigenvalue weighted by Gasteiger charge is 2.16. The summed E-state index contributed by atoms with van der Waals surface area (Å²) in [5.74, 6) is 0.191. The van der Waals surface area contributed by atoms with Crippen molar-refractivity contribution in [3.63, 3.8) is 0 Å². The van der Waals surface area contributed by atoms with Crippen LogP contribution in [0.3, 0.4) is 0 Å². The number of hydrogen-bond acceptors (Lipinski definition) is 8. The third kappa shape index (κ3) is 5.33. The molecule has 11 nitrogen and oxygen atoms in total. The number of benzene rings is 2. The van der Waals surface area contributed by atoms with E-state index in [-0.39, 0.29) is 17.1 Å². The molecule has 1 N–H and O–H groups in total. The number of rotatable bonds is 8. The Bertz CT molecular complexity index is 1220. The number of hydrogen-bond donors (Lipinski definition) is 1. The molecule has 3 aromatic rings. The monoisotopic (exact) mass is 438 g/mol. The number of carbonyl (C=O) groups excluding carboxylic acids is 1. The predicted molar refractivity (Wildman–Crippen MR) is 115 cm³/mol. The minimum Gasteiger partial charge on any atom is -0.477 e. The van der Waals surface area contributed by atoms with Crippen LogP contribution in [0.2, 0.25) is 0 Å². The van der Waals surface area contributed by atoms with Crippen molar-refractivity contribution in [2.24, 2.45) is 5.10 Å². The Morgan fingerprint density at radius 1 is 1.09 bits per heavy atom. The molecule has 1 heterocycles. The molecule has 0 atom stereocenters. The van der Waals surface area contributed by atoms with Crippen LogP contribution in [0.1, 0.15) is 16.9 Å². The summed E-state index contributed by atoms with van der Waals surface area (Å²) in [5.41, 5.74) is 4.05. The van der Waals surface area contributed by atoms with Crippen LogP contribution in [0.15, 0.2) is 58.0 Å². The summed E-state index contributed by atoms with van der Waals surface area (Å²) in [7, 11) is 0. The zero-order valence-electron chi connectivity index (χ0n) is 17.1. The van der Waals surface area contributed by atoms with Crippen LogP contribution in [0.4, 0.5) is 11.4 Å². The SMILES string of the molecule is Cc1ccc(OCC(=O)N/N=C/c2ccc(-c3ccc([N+](=O)[O-])cc3C)o2)c([N+](=O)[O-])c1. The van der Waals surface area contributed by atoms with Gasteiger partial charge in [-0.05, 0) is 49.2 Å². The summed E-state index contributed by atoms with van der Waals surface area (Å²) >= 11 is 0. The van der Waals surface area contributed by atoms with E-state index < -0.39 is 22.4 Å². The quantitative estimate of drug-likeness (QED) is 0.318. The molecule has 0 unspecified atom stereocenters. The van der Waals surface area contributed by atoms with Gasteiger partial charge in [-0.2, -0.15) is 5.10 Å². The molecule has 164 valence electrons. The molecule has 0 fully saturated rings. The van der Waals surface area contributed by atoms with E-state index >= 15 is 0 Å². The van der Waals surface area contributed by atoms with Crippen molar-refractivity contribution in [2.75, 3.05) is 6.61 Å². The van der Waals surface area contributed by atoms with Gasteiger partial charge in [0.2, 0.25) is 0 Å². The van der Waals surface area contributed by atoms with Gasteiger partial charge in [0.15, 0.2) is 12.4 Å². The van der Waals surface area contributed by atoms with Crippen LogP contribution in [-0.2, 0) is 4.79 Å². The van der Waals surface area contributed by atoms with Gasteiger partial charge in [-0.15, -0.1) is 0 Å². The molecular formula is C21H18N4O7. The summed E-state index contributed by atoms with van der Waals surface area (Å²) in [4.78, 5) is 32.8. The van der Waals surface area contributed by atoms with Gasteiger partial charge in [-0.1, -0.05) is 6.07 Å². The maximum absolute atomic E-state index is 11.9. The smallest absolute Gasteiger partial charge is 0.311 e. The lowest BCUT2D eigenvalue weighted by atomic mass is 10.1. The topological polar surface area (TPSA) is 150 Å². The molecule has 11 heteroatoms. The van der Waals surface area contributed by atoms with E-state index in [0.717, 1.165) is 0 Å². The van der Waals surface area contributed by atoms with E-state index in [2.05, 4.69) is 10.5 Å². The average Bonchev–Trinajstić information content (AvgIpc) is 3.21. The van der Waals surface area contributed by atoms with E-state index in [0.29, 0.717) is 28.2 Å². The van der Waals surface area contributed by atoms with Crippen molar-refractivity contribution in [1.29, 1.82) is 0 Å². The first-order chi connectivity index (χ1) is 15.2. The summed E-state index contributed by atoms with van der Waals surface area (Å²) in [6, 6.07) is 12.1. The molecule has 0 bridgehead atoms. The number of aryl methyl sites for hydroxylation is 2. The molecular weight excluding hydrogens is 420 g/mol. The molecule has 1 amide bonds. The van der Waals surface area contributed by atoms with Gasteiger partial charge in [0.05, 0.1) is 16.1 Å². The van der Waals surface area contributed by atoms with Crippen LogP contribution in [0.5, 0.6) is 5.75 Å². The van der Waals surface area contributed by atoms with Crippen molar-refractivity contribution < 1.29 is 23.8 Å². The van der Waals surface area contributed by atoms with Crippen LogP contribution in [0.25, 0.3) is 11.3 Å². The first-order valence-corrected chi connectivity index (χ1v) is 9.29. The molecule has 0 radical (unpaired) electrons. The molecule has 0 aliphatic carbocycles. The number of hydrazone groups is 1. The van der Waals surface area contributed by atoms with Crippen LogP contribution in [-0.4, -0.2) is 28.6 Å². The summed E-state index contributed by atoms with van der Waals surface area (Å²) in [5, 5.41) is 25.7. The molecule has 1 aromatic heterocycles. The van der Waals surface area contributed by atoms with Crippen LogP contribution < -0.4 is 10.2 Å². The van der Waals surface area contributed by atoms with Crippen molar-refractivity contribution in [2.45, 2.75) is 13.8 Å². The van der Waals surface area contributed by atoms with Crippen LogP contribution >= 0.6 is 0 Å². The molecule has 0 saturated carbocycles. The first-order valence-electron chi connectivity index (χ1n) is 9.29. The second-order valence-electron chi connectivity index (χ2n) is 6.77. The van der Waals surface area contributed by atoms with E-state index in [1.165, 1.54) is 30.5 Å². The number of ether oxygens (including phenoxy) is 1. The lowest BCUT2D eigenvalue weighted by Gasteiger charge is -2.06. The highest BCUT2D eigenvalue weighted by Crippen LogP contribution is 2.28. The normalized spacial score (nSPS) is 10.8. The minimum absolute atomic E-state index is 0.0134. The molecule has 0 aliphatic rings. The third-order valence-corrected chi connectivity index (χ3v) is 4.36. The first kappa shape index (κ1) is 22.2. The van der Waals surface area contributed by atoms with Crippen LogP contribution in [0, 0.1) is 34.1 Å². The van der Waals surface area contributed by atoms with Gasteiger partial charge in [0.1, 0.15) is 11.5 Å². The second-order valence-corrected chi connectivity index (χ2v) is 6.77. The Kier molecular flexibility index (Phi) is 6.59. The average molecular weight is 438 g/mol. The fourth-order valence-corrected chi connectivity index (χ4v) is 2.84. The van der Waals surface area contributed by atoms with Gasteiger partial charge < -0.3 is 9.15 Å². The minimum atomic E-state index is -0.617. The summed E-state index contributed by atoms with van der Waals surface area (Å²) in [6.07, 6.45) is 1.27. The number of carbonyl (C=O) groups is 1. The molecule has 0 aliphatic heterocycles. The molecule has 0 saturated heterocycles. The Labute approximate surface area is 181 Å². The van der Waals surface area contributed by atoms with Gasteiger partial charge >= 0.3 is 5.69 Å². The molecule has 2 aromatic carbocycles. The Hall–Kier alpha value is -4.54. The number of nitrogens with zero attached hydrogens (tertiary/aromatic N) is 3. The summed E-state index contributed by atoms with van der Waals surface area (Å²) < 4.78 is 10.9. The van der Waals surface area contributed by atoms with Gasteiger partial charge in [0.25, 0.3) is 11.6 Å². The lowest BCUT2D eigenvalue weighted by molar-refractivity contribution is -0.385. The summed E-state index contributed by atoms with van der Waals surface area (Å²) in [6.45, 7) is 2.98. The number of nitro benzene ring substituents is 2. The zero-order chi connectivity index (χ0) is 23.3. The largest absolute Gasteiger partial charge is 0.477 e. The highest BCUT2D eigenvalue weighted by molar-refractivity contribution is 5.82. The van der Waals surface area contributed by atoms with E-state index in [9.17, 15) is 25.0 Å². The molecule has 0 spiro atoms. The molecule has 32 heavy (non-hydrogen) atoms. The maximum atomic E-state index is 11.9. The van der Waals surface area contributed by atoms with Crippen molar-refractivity contribution in [3.8, 4) is 17.1 Å². The van der Waals surface area contributed by atoms with E-state index in [1.807, 2.05) is 0 Å². The second kappa shape index (κ2) is 9.51. The van der Waals surface area contributed by atoms with Gasteiger partial charge in [-0.3, -0.25) is 25.0 Å². The lowest BCUT2D eigenvalue weighted by Crippen LogP contribution is -2.24. The zero-order valence-corrected chi connectivity index (χ0v) is 17.1. The fourth-order valence-electron chi connectivity index (χ4n) is 2.84. The number of non-ortho nitro benzene ring substituents is 1. The standard InChI is InChI=1S/C21H18N4O7/c1-13-3-7-20(18(9-13)25(29)30)31-12-21(26)23-22-11-16-5-8-19(32-16)17-6-4-15(24(27)28)10-14(17)2/h3-11H,12H2,1-2H3,(H,23,26)/b22-11+. The fraction of sp³-hybridized carbons (Fsp3) is 0.143. The number of furan rings is 1. The number of amides is 1. The van der Waals surface area contributed by atoms with E-state index in [1.54, 1.807) is 38.1 Å². The predicted octanol–water partition coefficient (Wildman–Crippen LogP) is 3.91. The van der Waals surface area contributed by atoms with Crippen molar-refractivity contribution >= 4 is 23.5 Å². The number of nitrogens with one attached hydrogen (secondary N) is 1. The molecule has 3 rings (SSSR count). The maximum Gasteiger partial charge on any atom is 0.311 e. The Balaban J connectivity index is 1.58.